The number of hydrogen-bond donors (Lipinski definition) is 3. The summed E-state index contributed by atoms with van der Waals surface area (Å²) in [5.74, 6) is -0.185. The standard InChI is InChI=1S/C19H22N6OS3/c1-24(2)11-13-10-15(22-25(13)3)18(26)21-19-20-14-7-6-12(9-16(14)28-19)23-29-17-5-4-8-27-17/h4-10,19-20,23H,11H2,1-3H3,(H,21,26). The van der Waals surface area contributed by atoms with E-state index in [1.165, 1.54) is 4.21 Å². The number of amides is 1. The van der Waals surface area contributed by atoms with Crippen molar-refractivity contribution in [3.8, 4) is 0 Å². The average Bonchev–Trinajstić information content (AvgIpc) is 3.39. The van der Waals surface area contributed by atoms with E-state index >= 15 is 0 Å². The Morgan fingerprint density at radius 3 is 2.97 bits per heavy atom. The monoisotopic (exact) mass is 446 g/mol. The van der Waals surface area contributed by atoms with Crippen LogP contribution in [0.25, 0.3) is 0 Å². The number of benzene rings is 1. The zero-order valence-corrected chi connectivity index (χ0v) is 18.8. The molecule has 0 aliphatic carbocycles. The van der Waals surface area contributed by atoms with Gasteiger partial charge in [0.05, 0.1) is 15.6 Å². The number of nitrogens with one attached hydrogen (secondary N) is 3. The smallest absolute Gasteiger partial charge is 0.274 e. The molecule has 1 aliphatic heterocycles. The Hall–Kier alpha value is -2.14. The molecule has 29 heavy (non-hydrogen) atoms. The predicted octanol–water partition coefficient (Wildman–Crippen LogP) is 3.89. The second-order valence-electron chi connectivity index (χ2n) is 6.85. The van der Waals surface area contributed by atoms with Crippen LogP contribution in [0.5, 0.6) is 0 Å². The van der Waals surface area contributed by atoms with E-state index in [0.29, 0.717) is 5.69 Å². The average molecular weight is 447 g/mol. The van der Waals surface area contributed by atoms with Crippen molar-refractivity contribution in [2.75, 3.05) is 24.1 Å². The van der Waals surface area contributed by atoms with E-state index in [1.807, 2.05) is 50.3 Å². The first kappa shape index (κ1) is 20.1. The minimum absolute atomic E-state index is 0.185. The molecule has 10 heteroatoms. The van der Waals surface area contributed by atoms with Gasteiger partial charge in [0.15, 0.2) is 11.2 Å². The number of carbonyl (C=O) groups excluding carboxylic acids is 1. The van der Waals surface area contributed by atoms with Gasteiger partial charge in [0, 0.05) is 24.2 Å². The summed E-state index contributed by atoms with van der Waals surface area (Å²) in [4.78, 5) is 15.8. The van der Waals surface area contributed by atoms with Gasteiger partial charge in [0.2, 0.25) is 0 Å². The van der Waals surface area contributed by atoms with Crippen LogP contribution in [-0.4, -0.2) is 40.2 Å². The molecule has 0 saturated heterocycles. The highest BCUT2D eigenvalue weighted by molar-refractivity contribution is 8.02. The van der Waals surface area contributed by atoms with Gasteiger partial charge in [-0.2, -0.15) is 5.10 Å². The Kier molecular flexibility index (Phi) is 6.04. The zero-order chi connectivity index (χ0) is 20.4. The number of anilines is 2. The van der Waals surface area contributed by atoms with Crippen molar-refractivity contribution in [1.82, 2.24) is 20.0 Å². The molecule has 3 aromatic rings. The minimum atomic E-state index is -0.225. The van der Waals surface area contributed by atoms with Crippen LogP contribution < -0.4 is 15.4 Å². The molecular weight excluding hydrogens is 424 g/mol. The molecule has 1 atom stereocenters. The van der Waals surface area contributed by atoms with Crippen molar-refractivity contribution < 1.29 is 4.79 Å². The summed E-state index contributed by atoms with van der Waals surface area (Å²) < 4.78 is 6.33. The maximum Gasteiger partial charge on any atom is 0.274 e. The van der Waals surface area contributed by atoms with Crippen LogP contribution in [-0.2, 0) is 13.6 Å². The third-order valence-corrected chi connectivity index (χ3v) is 7.17. The molecule has 0 fully saturated rings. The first-order valence-corrected chi connectivity index (χ1v) is 11.6. The Labute approximate surface area is 182 Å². The fourth-order valence-electron chi connectivity index (χ4n) is 2.88. The fourth-order valence-corrected chi connectivity index (χ4v) is 5.36. The molecular formula is C19H22N6OS3. The molecule has 1 unspecified atom stereocenters. The molecule has 3 N–H and O–H groups in total. The summed E-state index contributed by atoms with van der Waals surface area (Å²) in [6, 6.07) is 12.1. The summed E-state index contributed by atoms with van der Waals surface area (Å²) in [6.45, 7) is 0.734. The number of rotatable bonds is 7. The molecule has 7 nitrogen and oxygen atoms in total. The number of aromatic nitrogens is 2. The number of fused-ring (bicyclic) bond motifs is 1. The molecule has 1 aliphatic rings. The van der Waals surface area contributed by atoms with Gasteiger partial charge >= 0.3 is 0 Å². The number of aryl methyl sites for hydroxylation is 1. The third-order valence-electron chi connectivity index (χ3n) is 4.23. The Morgan fingerprint density at radius 2 is 2.21 bits per heavy atom. The summed E-state index contributed by atoms with van der Waals surface area (Å²) in [6.07, 6.45) is 0. The molecule has 1 aromatic carbocycles. The fraction of sp³-hybridized carbons (Fsp3) is 0.263. The van der Waals surface area contributed by atoms with Crippen LogP contribution in [0, 0.1) is 0 Å². The lowest BCUT2D eigenvalue weighted by Crippen LogP contribution is -2.36. The van der Waals surface area contributed by atoms with Gasteiger partial charge in [0.1, 0.15) is 0 Å². The van der Waals surface area contributed by atoms with Crippen LogP contribution in [0.4, 0.5) is 11.4 Å². The maximum atomic E-state index is 12.6. The Bertz CT molecular complexity index is 1000. The molecule has 0 radical (unpaired) electrons. The van der Waals surface area contributed by atoms with E-state index in [-0.39, 0.29) is 11.4 Å². The topological polar surface area (TPSA) is 74.2 Å². The number of nitrogens with zero attached hydrogens (tertiary/aromatic N) is 3. The minimum Gasteiger partial charge on any atom is -0.356 e. The van der Waals surface area contributed by atoms with Crippen molar-refractivity contribution in [3.05, 3.63) is 53.2 Å². The summed E-state index contributed by atoms with van der Waals surface area (Å²) in [5.41, 5.74) is 3.24. The van der Waals surface area contributed by atoms with Crippen LogP contribution in [0.1, 0.15) is 16.2 Å². The van der Waals surface area contributed by atoms with Gasteiger partial charge in [-0.15, -0.1) is 11.3 Å². The van der Waals surface area contributed by atoms with E-state index in [2.05, 4.69) is 38.0 Å². The van der Waals surface area contributed by atoms with Crippen molar-refractivity contribution in [2.24, 2.45) is 7.05 Å². The van der Waals surface area contributed by atoms with E-state index in [0.717, 1.165) is 28.5 Å². The highest BCUT2D eigenvalue weighted by atomic mass is 32.2. The zero-order valence-electron chi connectivity index (χ0n) is 16.3. The lowest BCUT2D eigenvalue weighted by molar-refractivity contribution is 0.0947. The normalized spacial score (nSPS) is 15.2. The number of thioether (sulfide) groups is 1. The van der Waals surface area contributed by atoms with Gasteiger partial charge < -0.3 is 20.3 Å². The maximum absolute atomic E-state index is 12.6. The predicted molar refractivity (Wildman–Crippen MR) is 122 cm³/mol. The van der Waals surface area contributed by atoms with E-state index in [9.17, 15) is 4.79 Å². The van der Waals surface area contributed by atoms with E-state index in [1.54, 1.807) is 39.7 Å². The Balaban J connectivity index is 1.36. The number of hydrogen-bond acceptors (Lipinski definition) is 8. The van der Waals surface area contributed by atoms with Crippen molar-refractivity contribution >= 4 is 52.3 Å². The highest BCUT2D eigenvalue weighted by Gasteiger charge is 2.25. The third kappa shape index (κ3) is 4.89. The molecule has 1 amide bonds. The summed E-state index contributed by atoms with van der Waals surface area (Å²) >= 11 is 4.89. The SMILES string of the molecule is CN(C)Cc1cc(C(=O)NC2Nc3ccc(NSc4cccs4)cc3S2)nn1C. The molecule has 3 heterocycles. The molecule has 152 valence electrons. The van der Waals surface area contributed by atoms with E-state index < -0.39 is 0 Å². The Morgan fingerprint density at radius 1 is 1.34 bits per heavy atom. The van der Waals surface area contributed by atoms with Crippen LogP contribution in [0.15, 0.2) is 50.9 Å². The van der Waals surface area contributed by atoms with Crippen LogP contribution in [0.3, 0.4) is 0 Å². The molecule has 0 saturated carbocycles. The van der Waals surface area contributed by atoms with Crippen molar-refractivity contribution in [1.29, 1.82) is 0 Å². The summed E-state index contributed by atoms with van der Waals surface area (Å²) in [7, 11) is 5.84. The second kappa shape index (κ2) is 8.70. The van der Waals surface area contributed by atoms with Gasteiger partial charge in [0.25, 0.3) is 5.91 Å². The molecule has 2 aromatic heterocycles. The largest absolute Gasteiger partial charge is 0.356 e. The van der Waals surface area contributed by atoms with Crippen molar-refractivity contribution in [2.45, 2.75) is 21.1 Å². The lowest BCUT2D eigenvalue weighted by Gasteiger charge is -2.11. The molecule has 4 rings (SSSR count). The van der Waals surface area contributed by atoms with Crippen LogP contribution >= 0.6 is 35.0 Å². The van der Waals surface area contributed by atoms with Gasteiger partial charge in [-0.3, -0.25) is 9.48 Å². The number of thiophene rings is 1. The van der Waals surface area contributed by atoms with Crippen molar-refractivity contribution in [3.63, 3.8) is 0 Å². The summed E-state index contributed by atoms with van der Waals surface area (Å²) in [5, 5.41) is 12.8. The van der Waals surface area contributed by atoms with Gasteiger partial charge in [-0.1, -0.05) is 17.8 Å². The van der Waals surface area contributed by atoms with E-state index in [4.69, 9.17) is 0 Å². The lowest BCUT2D eigenvalue weighted by atomic mass is 10.3. The number of carbonyl (C=O) groups is 1. The quantitative estimate of drug-likeness (QED) is 0.476. The second-order valence-corrected chi connectivity index (χ2v) is 10.0. The highest BCUT2D eigenvalue weighted by Crippen LogP contribution is 2.39. The molecule has 0 bridgehead atoms. The first-order valence-electron chi connectivity index (χ1n) is 9.00. The van der Waals surface area contributed by atoms with Gasteiger partial charge in [-0.05, 0) is 61.8 Å². The first-order chi connectivity index (χ1) is 14.0. The van der Waals surface area contributed by atoms with Gasteiger partial charge in [-0.25, -0.2) is 0 Å². The molecule has 0 spiro atoms. The van der Waals surface area contributed by atoms with Crippen LogP contribution in [0.2, 0.25) is 0 Å².